The number of fused-ring (bicyclic) bond motifs is 1. The van der Waals surface area contributed by atoms with E-state index >= 15 is 0 Å². The van der Waals surface area contributed by atoms with Gasteiger partial charge in [-0.3, -0.25) is 5.01 Å². The van der Waals surface area contributed by atoms with E-state index in [1.54, 1.807) is 7.11 Å². The maximum absolute atomic E-state index is 5.24. The first-order chi connectivity index (χ1) is 13.7. The quantitative estimate of drug-likeness (QED) is 0.504. The van der Waals surface area contributed by atoms with Crippen molar-refractivity contribution in [3.63, 3.8) is 0 Å². The molecule has 3 aliphatic rings. The minimum Gasteiger partial charge on any atom is -0.497 e. The molecule has 0 aliphatic carbocycles. The second-order valence-electron chi connectivity index (χ2n) is 7.34. The van der Waals surface area contributed by atoms with Crippen molar-refractivity contribution in [2.24, 2.45) is 4.99 Å². The van der Waals surface area contributed by atoms with Crippen LogP contribution in [-0.4, -0.2) is 75.4 Å². The monoisotopic (exact) mass is 386 g/mol. The maximum Gasteiger partial charge on any atom is 0.197 e. The summed E-state index contributed by atoms with van der Waals surface area (Å²) in [6, 6.07) is 7.94. The molecule has 9 nitrogen and oxygen atoms in total. The zero-order chi connectivity index (χ0) is 19.3. The van der Waals surface area contributed by atoms with Gasteiger partial charge in [0.15, 0.2) is 12.1 Å². The molecule has 4 N–H and O–H groups in total. The van der Waals surface area contributed by atoms with Gasteiger partial charge < -0.3 is 30.6 Å². The highest BCUT2D eigenvalue weighted by Crippen LogP contribution is 2.23. The van der Waals surface area contributed by atoms with E-state index in [1.165, 1.54) is 0 Å². The third-order valence-corrected chi connectivity index (χ3v) is 5.37. The van der Waals surface area contributed by atoms with Gasteiger partial charge in [0.05, 0.1) is 24.7 Å². The number of methoxy groups -OCH3 is 1. The lowest BCUT2D eigenvalue weighted by molar-refractivity contribution is 0.153. The minimum atomic E-state index is -0.0361. The zero-order valence-electron chi connectivity index (χ0n) is 16.6. The Balaban J connectivity index is 1.26. The number of hydrogen-bond acceptors (Lipinski definition) is 9. The summed E-state index contributed by atoms with van der Waals surface area (Å²) in [6.07, 6.45) is 2.93. The van der Waals surface area contributed by atoms with Gasteiger partial charge in [-0.1, -0.05) is 0 Å². The Morgan fingerprint density at radius 2 is 1.96 bits per heavy atom. The molecule has 3 heterocycles. The van der Waals surface area contributed by atoms with Crippen molar-refractivity contribution >= 4 is 11.6 Å². The fourth-order valence-corrected chi connectivity index (χ4v) is 3.58. The van der Waals surface area contributed by atoms with Crippen molar-refractivity contribution in [1.82, 2.24) is 31.4 Å². The number of hydrazine groups is 2. The van der Waals surface area contributed by atoms with Gasteiger partial charge in [-0.15, -0.1) is 5.53 Å². The second-order valence-corrected chi connectivity index (χ2v) is 7.34. The van der Waals surface area contributed by atoms with Crippen molar-refractivity contribution in [2.75, 3.05) is 58.4 Å². The van der Waals surface area contributed by atoms with Gasteiger partial charge in [0.1, 0.15) is 5.75 Å². The summed E-state index contributed by atoms with van der Waals surface area (Å²) in [6.45, 7) is 6.68. The SMILES string of the molecule is COc1ccc(N2NNC3=CN=C(NCCCN4CCN(C)CC4)NC32)cc1. The maximum atomic E-state index is 5.24. The van der Waals surface area contributed by atoms with Crippen molar-refractivity contribution in [1.29, 1.82) is 0 Å². The number of hydrogen-bond donors (Lipinski definition) is 4. The van der Waals surface area contributed by atoms with Crippen LogP contribution in [0.3, 0.4) is 0 Å². The number of nitrogens with zero attached hydrogens (tertiary/aromatic N) is 4. The Labute approximate surface area is 166 Å². The van der Waals surface area contributed by atoms with Gasteiger partial charge in [-0.25, -0.2) is 4.99 Å². The van der Waals surface area contributed by atoms with Gasteiger partial charge in [0, 0.05) is 32.7 Å². The number of guanidine groups is 1. The van der Waals surface area contributed by atoms with Crippen molar-refractivity contribution in [3.8, 4) is 5.75 Å². The van der Waals surface area contributed by atoms with Crippen LogP contribution in [-0.2, 0) is 0 Å². The number of likely N-dealkylation sites (N-methyl/N-ethyl adjacent to an activating group) is 1. The smallest absolute Gasteiger partial charge is 0.197 e. The highest BCUT2D eigenvalue weighted by Gasteiger charge is 2.32. The molecule has 9 heteroatoms. The number of rotatable bonds is 6. The molecule has 0 saturated carbocycles. The largest absolute Gasteiger partial charge is 0.497 e. The van der Waals surface area contributed by atoms with Crippen molar-refractivity contribution < 1.29 is 4.74 Å². The highest BCUT2D eigenvalue weighted by atomic mass is 16.5. The summed E-state index contributed by atoms with van der Waals surface area (Å²) in [5, 5.41) is 8.92. The number of nitrogens with one attached hydrogen (secondary N) is 4. The third kappa shape index (κ3) is 4.32. The summed E-state index contributed by atoms with van der Waals surface area (Å²) < 4.78 is 5.24. The lowest BCUT2D eigenvalue weighted by Crippen LogP contribution is -2.53. The lowest BCUT2D eigenvalue weighted by atomic mass is 10.2. The van der Waals surface area contributed by atoms with E-state index in [4.69, 9.17) is 4.74 Å². The van der Waals surface area contributed by atoms with Crippen LogP contribution in [0.2, 0.25) is 0 Å². The van der Waals surface area contributed by atoms with Crippen LogP contribution in [0.25, 0.3) is 0 Å². The van der Waals surface area contributed by atoms with Crippen LogP contribution in [0, 0.1) is 0 Å². The molecule has 2 saturated heterocycles. The Morgan fingerprint density at radius 3 is 2.71 bits per heavy atom. The molecule has 0 spiro atoms. The molecule has 0 bridgehead atoms. The predicted octanol–water partition coefficient (Wildman–Crippen LogP) is -0.122. The van der Waals surface area contributed by atoms with Crippen LogP contribution in [0.4, 0.5) is 5.69 Å². The van der Waals surface area contributed by atoms with Crippen LogP contribution < -0.4 is 31.3 Å². The standard InChI is InChI=1S/C19H30N8O/c1-25-10-12-26(13-11-25)9-3-8-20-19-21-14-17-18(22-19)27(24-23-17)15-4-6-16(28-2)7-5-15/h4-7,14,18,23-24H,3,8-13H2,1-2H3,(H2,20,21,22). The summed E-state index contributed by atoms with van der Waals surface area (Å²) in [4.78, 5) is 9.41. The minimum absolute atomic E-state index is 0.0361. The molecular weight excluding hydrogens is 356 g/mol. The van der Waals surface area contributed by atoms with Gasteiger partial charge in [-0.2, -0.15) is 0 Å². The molecule has 1 unspecified atom stereocenters. The van der Waals surface area contributed by atoms with E-state index in [0.29, 0.717) is 0 Å². The average molecular weight is 387 g/mol. The van der Waals surface area contributed by atoms with E-state index in [-0.39, 0.29) is 6.17 Å². The van der Waals surface area contributed by atoms with Gasteiger partial charge in [-0.05, 0) is 44.3 Å². The van der Waals surface area contributed by atoms with E-state index < -0.39 is 0 Å². The van der Waals surface area contributed by atoms with E-state index in [1.807, 2.05) is 35.5 Å². The number of ether oxygens (including phenoxy) is 1. The summed E-state index contributed by atoms with van der Waals surface area (Å²) in [5.41, 5.74) is 8.37. The molecule has 2 fully saturated rings. The van der Waals surface area contributed by atoms with E-state index in [9.17, 15) is 0 Å². The second kappa shape index (κ2) is 8.68. The number of aliphatic imine (C=N–C) groups is 1. The Kier molecular flexibility index (Phi) is 5.84. The third-order valence-electron chi connectivity index (χ3n) is 5.37. The van der Waals surface area contributed by atoms with Crippen molar-refractivity contribution in [3.05, 3.63) is 36.2 Å². The Hall–Kier alpha value is -2.49. The molecule has 4 rings (SSSR count). The van der Waals surface area contributed by atoms with E-state index in [0.717, 1.165) is 68.8 Å². The predicted molar refractivity (Wildman–Crippen MR) is 111 cm³/mol. The zero-order valence-corrected chi connectivity index (χ0v) is 16.6. The normalized spacial score (nSPS) is 22.6. The fraction of sp³-hybridized carbons (Fsp3) is 0.526. The molecule has 1 aromatic carbocycles. The van der Waals surface area contributed by atoms with Crippen LogP contribution in [0.15, 0.2) is 41.2 Å². The van der Waals surface area contributed by atoms with Crippen LogP contribution in [0.1, 0.15) is 6.42 Å². The first kappa shape index (κ1) is 18.9. The molecule has 152 valence electrons. The fourth-order valence-electron chi connectivity index (χ4n) is 3.58. The molecule has 28 heavy (non-hydrogen) atoms. The number of benzene rings is 1. The van der Waals surface area contributed by atoms with E-state index in [2.05, 4.69) is 43.4 Å². The molecule has 1 atom stereocenters. The summed E-state index contributed by atoms with van der Waals surface area (Å²) >= 11 is 0. The van der Waals surface area contributed by atoms with Crippen LogP contribution >= 0.6 is 0 Å². The average Bonchev–Trinajstić information content (AvgIpc) is 3.16. The Bertz CT molecular complexity index is 711. The first-order valence-corrected chi connectivity index (χ1v) is 9.87. The first-order valence-electron chi connectivity index (χ1n) is 9.87. The molecule has 0 radical (unpaired) electrons. The van der Waals surface area contributed by atoms with Crippen molar-refractivity contribution in [2.45, 2.75) is 12.6 Å². The number of piperazine rings is 1. The number of anilines is 1. The lowest BCUT2D eigenvalue weighted by Gasteiger charge is -2.32. The van der Waals surface area contributed by atoms with Crippen LogP contribution in [0.5, 0.6) is 5.75 Å². The summed E-state index contributed by atoms with van der Waals surface area (Å²) in [7, 11) is 3.86. The molecule has 1 aromatic rings. The molecule has 0 aromatic heterocycles. The highest BCUT2D eigenvalue weighted by molar-refractivity contribution is 5.82. The topological polar surface area (TPSA) is 79.4 Å². The van der Waals surface area contributed by atoms with Gasteiger partial charge in [0.2, 0.25) is 0 Å². The van der Waals surface area contributed by atoms with Gasteiger partial charge in [0.25, 0.3) is 0 Å². The molecule has 3 aliphatic heterocycles. The Morgan fingerprint density at radius 1 is 1.18 bits per heavy atom. The molecular formula is C19H30N8O. The summed E-state index contributed by atoms with van der Waals surface area (Å²) in [5.74, 6) is 1.64. The van der Waals surface area contributed by atoms with Gasteiger partial charge >= 0.3 is 0 Å². The molecule has 0 amide bonds.